The number of nitrogens with zero attached hydrogens (tertiary/aromatic N) is 3. The highest BCUT2D eigenvalue weighted by molar-refractivity contribution is 5.99. The van der Waals surface area contributed by atoms with E-state index in [1.165, 1.54) is 6.92 Å². The van der Waals surface area contributed by atoms with Crippen LogP contribution in [0.25, 0.3) is 0 Å². The molecular weight excluding hydrogens is 250 g/mol. The van der Waals surface area contributed by atoms with E-state index in [4.69, 9.17) is 5.26 Å². The van der Waals surface area contributed by atoms with Crippen LogP contribution in [0.3, 0.4) is 0 Å². The Balaban J connectivity index is 2.35. The fourth-order valence-electron chi connectivity index (χ4n) is 2.03. The molecule has 0 spiro atoms. The summed E-state index contributed by atoms with van der Waals surface area (Å²) in [5, 5.41) is 9.00. The maximum atomic E-state index is 11.7. The monoisotopic (exact) mass is 265 g/mol. The minimum atomic E-state index is -0.0163. The van der Waals surface area contributed by atoms with Crippen molar-refractivity contribution in [2.24, 2.45) is 0 Å². The third kappa shape index (κ3) is 3.01. The Morgan fingerprint density at radius 2 is 2.15 bits per heavy atom. The SMILES string of the molecule is CC(=O)c1ccc(C#N)cc1N(C)Cc1ccccn1. The van der Waals surface area contributed by atoms with Crippen LogP contribution in [-0.4, -0.2) is 17.8 Å². The Bertz CT molecular complexity index is 659. The van der Waals surface area contributed by atoms with Gasteiger partial charge in [-0.25, -0.2) is 0 Å². The van der Waals surface area contributed by atoms with Crippen LogP contribution in [0.5, 0.6) is 0 Å². The van der Waals surface area contributed by atoms with Gasteiger partial charge in [0.25, 0.3) is 0 Å². The van der Waals surface area contributed by atoms with Crippen molar-refractivity contribution in [2.45, 2.75) is 13.5 Å². The summed E-state index contributed by atoms with van der Waals surface area (Å²) < 4.78 is 0. The van der Waals surface area contributed by atoms with Crippen LogP contribution in [0.4, 0.5) is 5.69 Å². The third-order valence-corrected chi connectivity index (χ3v) is 3.04. The second-order valence-corrected chi connectivity index (χ2v) is 4.58. The van der Waals surface area contributed by atoms with Gasteiger partial charge in [0.15, 0.2) is 5.78 Å². The van der Waals surface area contributed by atoms with Gasteiger partial charge in [-0.15, -0.1) is 0 Å². The molecule has 2 aromatic rings. The van der Waals surface area contributed by atoms with Gasteiger partial charge in [-0.3, -0.25) is 9.78 Å². The molecule has 0 saturated heterocycles. The first-order valence-electron chi connectivity index (χ1n) is 6.28. The Kier molecular flexibility index (Phi) is 4.11. The molecule has 0 atom stereocenters. The van der Waals surface area contributed by atoms with Crippen molar-refractivity contribution in [1.82, 2.24) is 4.98 Å². The fourth-order valence-corrected chi connectivity index (χ4v) is 2.03. The normalized spacial score (nSPS) is 9.85. The van der Waals surface area contributed by atoms with Gasteiger partial charge in [0.05, 0.1) is 23.9 Å². The van der Waals surface area contributed by atoms with E-state index < -0.39 is 0 Å². The van der Waals surface area contributed by atoms with Gasteiger partial charge in [-0.2, -0.15) is 5.26 Å². The van der Waals surface area contributed by atoms with Gasteiger partial charge in [0.1, 0.15) is 0 Å². The number of carbonyl (C=O) groups is 1. The second kappa shape index (κ2) is 5.98. The molecule has 2 rings (SSSR count). The minimum absolute atomic E-state index is 0.0163. The van der Waals surface area contributed by atoms with Crippen molar-refractivity contribution in [2.75, 3.05) is 11.9 Å². The molecule has 0 fully saturated rings. The van der Waals surface area contributed by atoms with Crippen molar-refractivity contribution >= 4 is 11.5 Å². The highest BCUT2D eigenvalue weighted by atomic mass is 16.1. The summed E-state index contributed by atoms with van der Waals surface area (Å²) in [7, 11) is 1.89. The molecule has 0 radical (unpaired) electrons. The summed E-state index contributed by atoms with van der Waals surface area (Å²) in [6.45, 7) is 2.11. The van der Waals surface area contributed by atoms with Crippen LogP contribution >= 0.6 is 0 Å². The van der Waals surface area contributed by atoms with E-state index >= 15 is 0 Å². The summed E-state index contributed by atoms with van der Waals surface area (Å²) in [6.07, 6.45) is 1.74. The first-order chi connectivity index (χ1) is 9.61. The maximum absolute atomic E-state index is 11.7. The predicted molar refractivity (Wildman–Crippen MR) is 77.5 cm³/mol. The van der Waals surface area contributed by atoms with Crippen LogP contribution < -0.4 is 4.90 Å². The highest BCUT2D eigenvalue weighted by Gasteiger charge is 2.12. The third-order valence-electron chi connectivity index (χ3n) is 3.04. The van der Waals surface area contributed by atoms with Crippen molar-refractivity contribution in [3.8, 4) is 6.07 Å². The van der Waals surface area contributed by atoms with E-state index in [2.05, 4.69) is 11.1 Å². The molecule has 0 aliphatic carbocycles. The number of Topliss-reactive ketones (excluding diaryl/α,β-unsaturated/α-hetero) is 1. The van der Waals surface area contributed by atoms with Crippen LogP contribution in [0, 0.1) is 11.3 Å². The van der Waals surface area contributed by atoms with E-state index in [0.29, 0.717) is 17.7 Å². The number of nitriles is 1. The average molecular weight is 265 g/mol. The fraction of sp³-hybridized carbons (Fsp3) is 0.188. The van der Waals surface area contributed by atoms with E-state index in [1.807, 2.05) is 30.1 Å². The lowest BCUT2D eigenvalue weighted by Gasteiger charge is -2.21. The Morgan fingerprint density at radius 1 is 1.35 bits per heavy atom. The molecule has 0 unspecified atom stereocenters. The number of ketones is 1. The number of benzene rings is 1. The lowest BCUT2D eigenvalue weighted by molar-refractivity contribution is 0.101. The standard InChI is InChI=1S/C16H15N3O/c1-12(20)15-7-6-13(10-17)9-16(15)19(2)11-14-5-3-4-8-18-14/h3-9H,11H2,1-2H3. The summed E-state index contributed by atoms with van der Waals surface area (Å²) in [5.74, 6) is -0.0163. The molecule has 20 heavy (non-hydrogen) atoms. The molecule has 1 heterocycles. The van der Waals surface area contributed by atoms with Crippen LogP contribution in [0.2, 0.25) is 0 Å². The van der Waals surface area contributed by atoms with Gasteiger partial charge in [-0.1, -0.05) is 6.07 Å². The number of pyridine rings is 1. The van der Waals surface area contributed by atoms with E-state index in [-0.39, 0.29) is 5.78 Å². The molecule has 100 valence electrons. The number of anilines is 1. The maximum Gasteiger partial charge on any atom is 0.161 e. The van der Waals surface area contributed by atoms with E-state index in [0.717, 1.165) is 11.4 Å². The van der Waals surface area contributed by atoms with Crippen LogP contribution in [-0.2, 0) is 6.54 Å². The van der Waals surface area contributed by atoms with Gasteiger partial charge >= 0.3 is 0 Å². The Hall–Kier alpha value is -2.67. The largest absolute Gasteiger partial charge is 0.368 e. The molecule has 1 aromatic carbocycles. The lowest BCUT2D eigenvalue weighted by atomic mass is 10.1. The van der Waals surface area contributed by atoms with Crippen LogP contribution in [0.1, 0.15) is 28.5 Å². The lowest BCUT2D eigenvalue weighted by Crippen LogP contribution is -2.19. The second-order valence-electron chi connectivity index (χ2n) is 4.58. The van der Waals surface area contributed by atoms with Gasteiger partial charge in [0, 0.05) is 24.5 Å². The first kappa shape index (κ1) is 13.8. The molecular formula is C16H15N3O. The number of carbonyl (C=O) groups excluding carboxylic acids is 1. The number of rotatable bonds is 4. The molecule has 4 nitrogen and oxygen atoms in total. The van der Waals surface area contributed by atoms with Gasteiger partial charge in [0.2, 0.25) is 0 Å². The molecule has 0 N–H and O–H groups in total. The van der Waals surface area contributed by atoms with E-state index in [9.17, 15) is 4.79 Å². The Labute approximate surface area is 118 Å². The summed E-state index contributed by atoms with van der Waals surface area (Å²) in [6, 6.07) is 12.9. The number of hydrogen-bond donors (Lipinski definition) is 0. The zero-order valence-electron chi connectivity index (χ0n) is 11.5. The quantitative estimate of drug-likeness (QED) is 0.798. The summed E-state index contributed by atoms with van der Waals surface area (Å²) >= 11 is 0. The molecule has 4 heteroatoms. The van der Waals surface area contributed by atoms with Crippen molar-refractivity contribution in [3.63, 3.8) is 0 Å². The van der Waals surface area contributed by atoms with Gasteiger partial charge < -0.3 is 4.90 Å². The number of aromatic nitrogens is 1. The zero-order chi connectivity index (χ0) is 14.5. The topological polar surface area (TPSA) is 57.0 Å². The zero-order valence-corrected chi connectivity index (χ0v) is 11.5. The number of hydrogen-bond acceptors (Lipinski definition) is 4. The average Bonchev–Trinajstić information content (AvgIpc) is 2.47. The molecule has 0 aliphatic heterocycles. The predicted octanol–water partition coefficient (Wildman–Crippen LogP) is 2.79. The molecule has 0 amide bonds. The molecule has 0 aliphatic rings. The summed E-state index contributed by atoms with van der Waals surface area (Å²) in [4.78, 5) is 17.9. The Morgan fingerprint density at radius 3 is 2.75 bits per heavy atom. The molecule has 0 saturated carbocycles. The molecule has 0 bridgehead atoms. The smallest absolute Gasteiger partial charge is 0.161 e. The van der Waals surface area contributed by atoms with E-state index in [1.54, 1.807) is 24.4 Å². The van der Waals surface area contributed by atoms with Crippen molar-refractivity contribution < 1.29 is 4.79 Å². The minimum Gasteiger partial charge on any atom is -0.368 e. The van der Waals surface area contributed by atoms with Gasteiger partial charge in [-0.05, 0) is 37.3 Å². The highest BCUT2D eigenvalue weighted by Crippen LogP contribution is 2.23. The summed E-state index contributed by atoms with van der Waals surface area (Å²) in [5.41, 5.74) is 2.81. The first-order valence-corrected chi connectivity index (χ1v) is 6.28. The molecule has 1 aromatic heterocycles. The van der Waals surface area contributed by atoms with Crippen molar-refractivity contribution in [1.29, 1.82) is 5.26 Å². The van der Waals surface area contributed by atoms with Crippen LogP contribution in [0.15, 0.2) is 42.6 Å². The van der Waals surface area contributed by atoms with Crippen molar-refractivity contribution in [3.05, 3.63) is 59.4 Å².